The van der Waals surface area contributed by atoms with Gasteiger partial charge in [-0.3, -0.25) is 24.0 Å². The van der Waals surface area contributed by atoms with Crippen LogP contribution in [-0.4, -0.2) is 27.3 Å². The SMILES string of the molecule is O=C1C(=O)C(c2c3cccccc-3[nH]c2=O)C(=O)C1c1c2cccccc-2[nH]c1=O. The first-order chi connectivity index (χ1) is 14.5. The molecule has 7 heteroatoms. The van der Waals surface area contributed by atoms with E-state index in [-0.39, 0.29) is 11.1 Å². The van der Waals surface area contributed by atoms with Crippen molar-refractivity contribution in [3.05, 3.63) is 92.5 Å². The summed E-state index contributed by atoms with van der Waals surface area (Å²) in [5, 5.41) is 0. The zero-order chi connectivity index (χ0) is 21.0. The molecule has 7 nitrogen and oxygen atoms in total. The molecule has 0 aromatic rings. The molecule has 2 unspecified atom stereocenters. The molecule has 146 valence electrons. The van der Waals surface area contributed by atoms with E-state index in [1.807, 2.05) is 0 Å². The van der Waals surface area contributed by atoms with Crippen molar-refractivity contribution in [2.24, 2.45) is 0 Å². The molecule has 1 fully saturated rings. The molecule has 5 aliphatic rings. The summed E-state index contributed by atoms with van der Waals surface area (Å²) in [7, 11) is 0. The monoisotopic (exact) mass is 398 g/mol. The fraction of sp³-hybridized carbons (Fsp3) is 0.0870. The number of rotatable bonds is 2. The van der Waals surface area contributed by atoms with Crippen LogP contribution >= 0.6 is 0 Å². The van der Waals surface area contributed by atoms with E-state index in [0.717, 1.165) is 0 Å². The number of nitrogens with one attached hydrogen (secondary N) is 2. The van der Waals surface area contributed by atoms with E-state index >= 15 is 0 Å². The lowest BCUT2D eigenvalue weighted by Gasteiger charge is -2.07. The molecule has 3 aliphatic carbocycles. The highest BCUT2D eigenvalue weighted by Gasteiger charge is 2.53. The van der Waals surface area contributed by atoms with E-state index in [2.05, 4.69) is 9.97 Å². The number of hydrogen-bond donors (Lipinski definition) is 2. The van der Waals surface area contributed by atoms with E-state index in [1.54, 1.807) is 60.7 Å². The van der Waals surface area contributed by atoms with Crippen molar-refractivity contribution in [2.45, 2.75) is 11.8 Å². The fourth-order valence-corrected chi connectivity index (χ4v) is 4.24. The Balaban J connectivity index is 1.69. The summed E-state index contributed by atoms with van der Waals surface area (Å²) in [6.45, 7) is 0. The average molecular weight is 398 g/mol. The molecule has 5 rings (SSSR count). The molecule has 0 bridgehead atoms. The quantitative estimate of drug-likeness (QED) is 0.395. The summed E-state index contributed by atoms with van der Waals surface area (Å²) in [5.41, 5.74) is 0.429. The van der Waals surface area contributed by atoms with Crippen LogP contribution in [0.15, 0.2) is 70.3 Å². The summed E-state index contributed by atoms with van der Waals surface area (Å²) in [4.78, 5) is 69.5. The van der Waals surface area contributed by atoms with E-state index in [9.17, 15) is 24.0 Å². The standard InChI is InChI=1S/C23H14N2O5/c26-19-17(15-11-7-3-1-5-9-13(11)24-22(15)29)20(27)21(28)18(19)16-12-8-4-2-6-10-14(12)25-23(16)30/h1-10,17-18H,(H,24,29)(H,25,30). The number of Topliss-reactive ketones (excluding diaryl/α,β-unsaturated/α-hetero) is 3. The largest absolute Gasteiger partial charge is 0.322 e. The number of H-pyrrole nitrogens is 2. The third kappa shape index (κ3) is 2.42. The van der Waals surface area contributed by atoms with Gasteiger partial charge in [0.05, 0.1) is 0 Å². The topological polar surface area (TPSA) is 117 Å². The van der Waals surface area contributed by atoms with Gasteiger partial charge >= 0.3 is 0 Å². The minimum atomic E-state index is -1.53. The molecule has 0 aromatic heterocycles. The van der Waals surface area contributed by atoms with Crippen LogP contribution in [0.1, 0.15) is 23.0 Å². The summed E-state index contributed by atoms with van der Waals surface area (Å²) in [5.74, 6) is -5.76. The maximum absolute atomic E-state index is 13.3. The Morgan fingerprint density at radius 2 is 0.933 bits per heavy atom. The number of carbonyl (C=O) groups is 3. The maximum atomic E-state index is 13.3. The Bertz CT molecular complexity index is 1310. The van der Waals surface area contributed by atoms with Gasteiger partial charge in [-0.25, -0.2) is 0 Å². The van der Waals surface area contributed by atoms with Crippen LogP contribution in [0, 0.1) is 0 Å². The van der Waals surface area contributed by atoms with Gasteiger partial charge in [0.25, 0.3) is 11.1 Å². The van der Waals surface area contributed by atoms with Crippen LogP contribution in [0.4, 0.5) is 0 Å². The Kier molecular flexibility index (Phi) is 3.86. The van der Waals surface area contributed by atoms with Gasteiger partial charge in [-0.2, -0.15) is 0 Å². The molecule has 1 saturated carbocycles. The Hall–Kier alpha value is -4.13. The van der Waals surface area contributed by atoms with E-state index in [0.29, 0.717) is 22.5 Å². The van der Waals surface area contributed by atoms with Crippen LogP contribution in [0.2, 0.25) is 0 Å². The average Bonchev–Trinajstić information content (AvgIpc) is 3.07. The first-order valence-corrected chi connectivity index (χ1v) is 9.32. The van der Waals surface area contributed by atoms with Gasteiger partial charge in [-0.1, -0.05) is 48.5 Å². The molecule has 2 atom stereocenters. The van der Waals surface area contributed by atoms with E-state index < -0.39 is 40.3 Å². The Morgan fingerprint density at radius 3 is 1.37 bits per heavy atom. The number of hydrogen-bond acceptors (Lipinski definition) is 5. The second-order valence-electron chi connectivity index (χ2n) is 7.21. The van der Waals surface area contributed by atoms with E-state index in [4.69, 9.17) is 0 Å². The summed E-state index contributed by atoms with van der Waals surface area (Å²) in [6.07, 6.45) is 0. The summed E-state index contributed by atoms with van der Waals surface area (Å²) in [6, 6.07) is 16.8. The van der Waals surface area contributed by atoms with Crippen molar-refractivity contribution in [3.63, 3.8) is 0 Å². The van der Waals surface area contributed by atoms with Gasteiger partial charge in [0, 0.05) is 33.6 Å². The zero-order valence-electron chi connectivity index (χ0n) is 15.5. The zero-order valence-corrected chi connectivity index (χ0v) is 15.5. The van der Waals surface area contributed by atoms with Crippen molar-refractivity contribution in [2.75, 3.05) is 0 Å². The van der Waals surface area contributed by atoms with Crippen molar-refractivity contribution in [3.8, 4) is 22.5 Å². The molecule has 0 spiro atoms. The number of carbonyl (C=O) groups excluding carboxylic acids is 3. The third-order valence-corrected chi connectivity index (χ3v) is 5.56. The maximum Gasteiger partial charge on any atom is 0.253 e. The predicted molar refractivity (Wildman–Crippen MR) is 108 cm³/mol. The lowest BCUT2D eigenvalue weighted by Crippen LogP contribution is -2.22. The van der Waals surface area contributed by atoms with Crippen molar-refractivity contribution < 1.29 is 14.4 Å². The van der Waals surface area contributed by atoms with Gasteiger partial charge < -0.3 is 9.97 Å². The van der Waals surface area contributed by atoms with Crippen LogP contribution in [0.5, 0.6) is 0 Å². The highest BCUT2D eigenvalue weighted by atomic mass is 16.2. The van der Waals surface area contributed by atoms with Crippen LogP contribution in [0.3, 0.4) is 0 Å². The van der Waals surface area contributed by atoms with Crippen molar-refractivity contribution in [1.82, 2.24) is 9.97 Å². The predicted octanol–water partition coefficient (Wildman–Crippen LogP) is 1.86. The van der Waals surface area contributed by atoms with Crippen LogP contribution < -0.4 is 11.1 Å². The molecule has 30 heavy (non-hydrogen) atoms. The molecule has 0 amide bonds. The van der Waals surface area contributed by atoms with Gasteiger partial charge in [0.1, 0.15) is 11.8 Å². The summed E-state index contributed by atoms with van der Waals surface area (Å²) >= 11 is 0. The molecule has 2 N–H and O–H groups in total. The minimum absolute atomic E-state index is 0.0510. The Labute approximate surface area is 169 Å². The van der Waals surface area contributed by atoms with Gasteiger partial charge in [0.2, 0.25) is 11.6 Å². The third-order valence-electron chi connectivity index (χ3n) is 5.56. The minimum Gasteiger partial charge on any atom is -0.322 e. The molecule has 2 heterocycles. The first-order valence-electron chi connectivity index (χ1n) is 9.32. The lowest BCUT2D eigenvalue weighted by molar-refractivity contribution is -0.135. The number of fused-ring (bicyclic) bond motifs is 2. The summed E-state index contributed by atoms with van der Waals surface area (Å²) < 4.78 is 0. The van der Waals surface area contributed by atoms with E-state index in [1.165, 1.54) is 0 Å². The lowest BCUT2D eigenvalue weighted by atomic mass is 9.89. The van der Waals surface area contributed by atoms with Crippen molar-refractivity contribution >= 4 is 17.3 Å². The second kappa shape index (κ2) is 6.45. The molecule has 2 aliphatic heterocycles. The van der Waals surface area contributed by atoms with Gasteiger partial charge in [-0.15, -0.1) is 0 Å². The van der Waals surface area contributed by atoms with Crippen LogP contribution in [-0.2, 0) is 14.4 Å². The normalized spacial score (nSPS) is 19.1. The number of aromatic amines is 2. The van der Waals surface area contributed by atoms with Gasteiger partial charge in [0.15, 0.2) is 5.78 Å². The van der Waals surface area contributed by atoms with Crippen LogP contribution in [0.25, 0.3) is 22.5 Å². The molecule has 0 saturated heterocycles. The highest BCUT2D eigenvalue weighted by molar-refractivity contribution is 6.55. The molecular formula is C23H14N2O5. The second-order valence-corrected chi connectivity index (χ2v) is 7.21. The highest BCUT2D eigenvalue weighted by Crippen LogP contribution is 2.40. The Morgan fingerprint density at radius 1 is 0.533 bits per heavy atom. The fourth-order valence-electron chi connectivity index (χ4n) is 4.24. The smallest absolute Gasteiger partial charge is 0.253 e. The molecule has 0 radical (unpaired) electrons. The molecular weight excluding hydrogens is 384 g/mol. The molecule has 0 aromatic carbocycles. The van der Waals surface area contributed by atoms with Crippen molar-refractivity contribution in [1.29, 1.82) is 0 Å². The number of ketones is 3. The van der Waals surface area contributed by atoms with Gasteiger partial charge in [-0.05, 0) is 12.1 Å². The first kappa shape index (κ1) is 17.9. The number of aromatic nitrogens is 2.